The Morgan fingerprint density at radius 3 is 3.06 bits per heavy atom. The van der Waals surface area contributed by atoms with Gasteiger partial charge in [-0.05, 0) is 31.4 Å². The standard InChI is InChI=1S/C13H12FN3O/c14-13-9(7-15)4-5-11-10(13)8-16-17(11)12-3-1-2-6-18-12/h4-5,8,12H,1-3,6H2. The van der Waals surface area contributed by atoms with Gasteiger partial charge in [-0.2, -0.15) is 10.4 Å². The van der Waals surface area contributed by atoms with Crippen molar-refractivity contribution in [3.05, 3.63) is 29.7 Å². The number of benzene rings is 1. The molecular formula is C13H12FN3O. The third-order valence-electron chi connectivity index (χ3n) is 3.26. The average molecular weight is 245 g/mol. The second kappa shape index (κ2) is 4.39. The molecule has 1 unspecified atom stereocenters. The molecule has 1 fully saturated rings. The second-order valence-corrected chi connectivity index (χ2v) is 4.38. The normalized spacial score (nSPS) is 19.9. The Kier molecular flexibility index (Phi) is 2.73. The lowest BCUT2D eigenvalue weighted by atomic mass is 10.1. The fourth-order valence-corrected chi connectivity index (χ4v) is 2.32. The maximum atomic E-state index is 13.9. The summed E-state index contributed by atoms with van der Waals surface area (Å²) in [5, 5.41) is 13.4. The van der Waals surface area contributed by atoms with Crippen LogP contribution in [0.3, 0.4) is 0 Å². The molecule has 18 heavy (non-hydrogen) atoms. The van der Waals surface area contributed by atoms with Crippen molar-refractivity contribution in [2.24, 2.45) is 0 Å². The zero-order valence-electron chi connectivity index (χ0n) is 9.77. The van der Waals surface area contributed by atoms with Crippen LogP contribution in [-0.2, 0) is 4.74 Å². The minimum atomic E-state index is -0.503. The highest BCUT2D eigenvalue weighted by atomic mass is 19.1. The fourth-order valence-electron chi connectivity index (χ4n) is 2.32. The van der Waals surface area contributed by atoms with E-state index in [1.54, 1.807) is 10.7 Å². The molecule has 0 bridgehead atoms. The highest BCUT2D eigenvalue weighted by Crippen LogP contribution is 2.28. The number of fused-ring (bicyclic) bond motifs is 1. The fraction of sp³-hybridized carbons (Fsp3) is 0.385. The summed E-state index contributed by atoms with van der Waals surface area (Å²) in [7, 11) is 0. The summed E-state index contributed by atoms with van der Waals surface area (Å²) < 4.78 is 21.3. The third kappa shape index (κ3) is 1.66. The van der Waals surface area contributed by atoms with E-state index in [4.69, 9.17) is 10.00 Å². The number of nitrogens with zero attached hydrogens (tertiary/aromatic N) is 3. The Hall–Kier alpha value is -1.93. The number of hydrogen-bond donors (Lipinski definition) is 0. The Labute approximate surface area is 104 Å². The van der Waals surface area contributed by atoms with Gasteiger partial charge in [0, 0.05) is 6.61 Å². The molecule has 1 aromatic heterocycles. The van der Waals surface area contributed by atoms with Crippen molar-refractivity contribution in [3.63, 3.8) is 0 Å². The molecule has 92 valence electrons. The van der Waals surface area contributed by atoms with Crippen LogP contribution in [0.4, 0.5) is 4.39 Å². The van der Waals surface area contributed by atoms with Crippen LogP contribution in [0.15, 0.2) is 18.3 Å². The van der Waals surface area contributed by atoms with Gasteiger partial charge < -0.3 is 4.74 Å². The van der Waals surface area contributed by atoms with Crippen LogP contribution in [0.5, 0.6) is 0 Å². The topological polar surface area (TPSA) is 50.8 Å². The van der Waals surface area contributed by atoms with E-state index in [-0.39, 0.29) is 11.8 Å². The average Bonchev–Trinajstić information content (AvgIpc) is 2.85. The SMILES string of the molecule is N#Cc1ccc2c(cnn2C2CCCCO2)c1F. The number of halogens is 1. The van der Waals surface area contributed by atoms with Crippen LogP contribution in [0.1, 0.15) is 31.1 Å². The van der Waals surface area contributed by atoms with Gasteiger partial charge >= 0.3 is 0 Å². The zero-order valence-corrected chi connectivity index (χ0v) is 9.77. The number of rotatable bonds is 1. The van der Waals surface area contributed by atoms with Gasteiger partial charge in [-0.25, -0.2) is 9.07 Å². The van der Waals surface area contributed by atoms with Crippen LogP contribution in [0.25, 0.3) is 10.9 Å². The first kappa shape index (κ1) is 11.2. The summed E-state index contributed by atoms with van der Waals surface area (Å²) in [6, 6.07) is 5.04. The number of nitriles is 1. The van der Waals surface area contributed by atoms with E-state index in [2.05, 4.69) is 5.10 Å². The molecule has 4 nitrogen and oxygen atoms in total. The van der Waals surface area contributed by atoms with Crippen LogP contribution < -0.4 is 0 Å². The molecule has 1 aliphatic rings. The monoisotopic (exact) mass is 245 g/mol. The molecule has 1 atom stereocenters. The summed E-state index contributed by atoms with van der Waals surface area (Å²) in [5.41, 5.74) is 0.727. The van der Waals surface area contributed by atoms with Gasteiger partial charge in [-0.1, -0.05) is 0 Å². The van der Waals surface area contributed by atoms with Crippen LogP contribution in [-0.4, -0.2) is 16.4 Å². The van der Waals surface area contributed by atoms with Crippen LogP contribution in [0.2, 0.25) is 0 Å². The van der Waals surface area contributed by atoms with Crippen molar-refractivity contribution in [2.45, 2.75) is 25.5 Å². The Balaban J connectivity index is 2.10. The van der Waals surface area contributed by atoms with Crippen molar-refractivity contribution in [2.75, 3.05) is 6.61 Å². The van der Waals surface area contributed by atoms with Gasteiger partial charge in [0.05, 0.1) is 22.7 Å². The maximum Gasteiger partial charge on any atom is 0.151 e. The van der Waals surface area contributed by atoms with Gasteiger partial charge in [0.1, 0.15) is 6.07 Å². The van der Waals surface area contributed by atoms with Gasteiger partial charge in [0.2, 0.25) is 0 Å². The quantitative estimate of drug-likeness (QED) is 0.776. The molecule has 5 heteroatoms. The van der Waals surface area contributed by atoms with Gasteiger partial charge in [0.15, 0.2) is 12.0 Å². The van der Waals surface area contributed by atoms with Gasteiger partial charge in [0.25, 0.3) is 0 Å². The predicted octanol–water partition coefficient (Wildman–Crippen LogP) is 2.75. The largest absolute Gasteiger partial charge is 0.356 e. The molecule has 0 radical (unpaired) electrons. The van der Waals surface area contributed by atoms with Crippen LogP contribution in [0, 0.1) is 17.1 Å². The lowest BCUT2D eigenvalue weighted by Crippen LogP contribution is -2.18. The summed E-state index contributed by atoms with van der Waals surface area (Å²) in [6.07, 6.45) is 4.37. The lowest BCUT2D eigenvalue weighted by Gasteiger charge is -2.23. The summed E-state index contributed by atoms with van der Waals surface area (Å²) in [6.45, 7) is 0.713. The summed E-state index contributed by atoms with van der Waals surface area (Å²) >= 11 is 0. The Morgan fingerprint density at radius 2 is 2.33 bits per heavy atom. The molecule has 0 spiro atoms. The minimum absolute atomic E-state index is 0.0478. The van der Waals surface area contributed by atoms with E-state index in [0.29, 0.717) is 17.5 Å². The van der Waals surface area contributed by atoms with Crippen molar-refractivity contribution < 1.29 is 9.13 Å². The predicted molar refractivity (Wildman–Crippen MR) is 63.2 cm³/mol. The maximum absolute atomic E-state index is 13.9. The molecule has 1 aromatic carbocycles. The van der Waals surface area contributed by atoms with Crippen molar-refractivity contribution in [1.82, 2.24) is 9.78 Å². The first-order valence-corrected chi connectivity index (χ1v) is 5.98. The molecule has 2 heterocycles. The number of hydrogen-bond acceptors (Lipinski definition) is 3. The molecule has 0 amide bonds. The molecule has 3 rings (SSSR count). The van der Waals surface area contributed by atoms with E-state index in [1.807, 2.05) is 6.07 Å². The first-order valence-electron chi connectivity index (χ1n) is 5.98. The first-order chi connectivity index (χ1) is 8.81. The van der Waals surface area contributed by atoms with E-state index >= 15 is 0 Å². The van der Waals surface area contributed by atoms with Gasteiger partial charge in [-0.15, -0.1) is 0 Å². The van der Waals surface area contributed by atoms with Crippen molar-refractivity contribution in [3.8, 4) is 6.07 Å². The van der Waals surface area contributed by atoms with E-state index in [9.17, 15) is 4.39 Å². The zero-order chi connectivity index (χ0) is 12.5. The highest BCUT2D eigenvalue weighted by Gasteiger charge is 2.20. The molecule has 0 aliphatic carbocycles. The third-order valence-corrected chi connectivity index (χ3v) is 3.26. The second-order valence-electron chi connectivity index (χ2n) is 4.38. The molecule has 1 saturated heterocycles. The van der Waals surface area contributed by atoms with Crippen molar-refractivity contribution >= 4 is 10.9 Å². The molecule has 0 N–H and O–H groups in total. The molecule has 2 aromatic rings. The van der Waals surface area contributed by atoms with E-state index < -0.39 is 5.82 Å². The minimum Gasteiger partial charge on any atom is -0.356 e. The molecule has 0 saturated carbocycles. The Morgan fingerprint density at radius 1 is 1.44 bits per heavy atom. The van der Waals surface area contributed by atoms with Crippen molar-refractivity contribution in [1.29, 1.82) is 5.26 Å². The Bertz CT molecular complexity index is 623. The smallest absolute Gasteiger partial charge is 0.151 e. The van der Waals surface area contributed by atoms with E-state index in [1.165, 1.54) is 12.3 Å². The van der Waals surface area contributed by atoms with Gasteiger partial charge in [-0.3, -0.25) is 0 Å². The number of aromatic nitrogens is 2. The lowest BCUT2D eigenvalue weighted by molar-refractivity contribution is -0.0366. The van der Waals surface area contributed by atoms with Crippen LogP contribution >= 0.6 is 0 Å². The molecular weight excluding hydrogens is 233 g/mol. The summed E-state index contributed by atoms with van der Waals surface area (Å²) in [5.74, 6) is -0.503. The van der Waals surface area contributed by atoms with E-state index in [0.717, 1.165) is 19.3 Å². The molecule has 1 aliphatic heterocycles. The summed E-state index contributed by atoms with van der Waals surface area (Å²) in [4.78, 5) is 0. The highest BCUT2D eigenvalue weighted by molar-refractivity contribution is 5.81. The number of ether oxygens (including phenoxy) is 1.